The first-order chi connectivity index (χ1) is 14.5. The van der Waals surface area contributed by atoms with Gasteiger partial charge in [0.2, 0.25) is 5.91 Å². The van der Waals surface area contributed by atoms with Crippen LogP contribution in [0, 0.1) is 11.8 Å². The van der Waals surface area contributed by atoms with E-state index in [1.165, 1.54) is 5.56 Å². The van der Waals surface area contributed by atoms with Gasteiger partial charge < -0.3 is 20.6 Å². The molecule has 1 amide bonds. The van der Waals surface area contributed by atoms with Crippen molar-refractivity contribution in [2.45, 2.75) is 70.2 Å². The summed E-state index contributed by atoms with van der Waals surface area (Å²) in [5, 5.41) is 33.8. The molecule has 1 fully saturated rings. The Kier molecular flexibility index (Phi) is 10.8. The lowest BCUT2D eigenvalue weighted by atomic mass is 9.89. The van der Waals surface area contributed by atoms with Crippen molar-refractivity contribution in [1.29, 1.82) is 0 Å². The Morgan fingerprint density at radius 2 is 1.97 bits per heavy atom. The topological polar surface area (TPSA) is 89.8 Å². The van der Waals surface area contributed by atoms with E-state index in [9.17, 15) is 20.1 Å². The van der Waals surface area contributed by atoms with Crippen molar-refractivity contribution < 1.29 is 20.1 Å². The molecule has 4 N–H and O–H groups in total. The summed E-state index contributed by atoms with van der Waals surface area (Å²) >= 11 is 0. The Morgan fingerprint density at radius 1 is 1.20 bits per heavy atom. The Bertz CT molecular complexity index is 673. The predicted octanol–water partition coefficient (Wildman–Crippen LogP) is 3.15. The van der Waals surface area contributed by atoms with Gasteiger partial charge in [0.25, 0.3) is 0 Å². The quantitative estimate of drug-likeness (QED) is 0.312. The van der Waals surface area contributed by atoms with Gasteiger partial charge in [-0.05, 0) is 50.5 Å². The maximum Gasteiger partial charge on any atom is 0.219 e. The van der Waals surface area contributed by atoms with E-state index in [0.717, 1.165) is 19.3 Å². The van der Waals surface area contributed by atoms with Gasteiger partial charge in [0.15, 0.2) is 0 Å². The second-order valence-corrected chi connectivity index (χ2v) is 8.14. The number of aliphatic hydroxyl groups excluding tert-OH is 3. The van der Waals surface area contributed by atoms with Crippen LogP contribution in [0.25, 0.3) is 0 Å². The van der Waals surface area contributed by atoms with E-state index in [1.54, 1.807) is 6.08 Å². The predicted molar refractivity (Wildman–Crippen MR) is 120 cm³/mol. The summed E-state index contributed by atoms with van der Waals surface area (Å²) in [5.41, 5.74) is 1.19. The van der Waals surface area contributed by atoms with E-state index >= 15 is 0 Å². The van der Waals surface area contributed by atoms with Gasteiger partial charge in [-0.1, -0.05) is 54.6 Å². The third kappa shape index (κ3) is 8.42. The van der Waals surface area contributed by atoms with Crippen LogP contribution < -0.4 is 5.32 Å². The summed E-state index contributed by atoms with van der Waals surface area (Å²) in [6.07, 6.45) is 10.6. The third-order valence-corrected chi connectivity index (χ3v) is 5.77. The minimum absolute atomic E-state index is 0.0581. The Hall–Kier alpha value is -1.95. The molecule has 166 valence electrons. The van der Waals surface area contributed by atoms with Crippen molar-refractivity contribution in [3.8, 4) is 0 Å². The van der Waals surface area contributed by atoms with E-state index < -0.39 is 18.3 Å². The molecule has 1 aromatic carbocycles. The van der Waals surface area contributed by atoms with Crippen LogP contribution >= 0.6 is 0 Å². The molecule has 0 heterocycles. The molecule has 0 radical (unpaired) electrons. The van der Waals surface area contributed by atoms with Gasteiger partial charge >= 0.3 is 0 Å². The second kappa shape index (κ2) is 13.4. The van der Waals surface area contributed by atoms with Gasteiger partial charge in [-0.15, -0.1) is 0 Å². The van der Waals surface area contributed by atoms with Crippen LogP contribution in [0.2, 0.25) is 0 Å². The molecular formula is C25H37NO4. The molecular weight excluding hydrogens is 378 g/mol. The van der Waals surface area contributed by atoms with Gasteiger partial charge in [0.1, 0.15) is 0 Å². The zero-order valence-corrected chi connectivity index (χ0v) is 18.0. The maximum absolute atomic E-state index is 11.4. The number of nitrogens with one attached hydrogen (secondary N) is 1. The highest BCUT2D eigenvalue weighted by Crippen LogP contribution is 2.36. The molecule has 0 unspecified atom stereocenters. The Balaban J connectivity index is 1.78. The summed E-state index contributed by atoms with van der Waals surface area (Å²) in [4.78, 5) is 11.4. The van der Waals surface area contributed by atoms with Crippen LogP contribution in [0.4, 0.5) is 0 Å². The number of amides is 1. The highest BCUT2D eigenvalue weighted by atomic mass is 16.3. The van der Waals surface area contributed by atoms with Crippen LogP contribution in [0.5, 0.6) is 0 Å². The number of aliphatic hydroxyl groups is 3. The SMILES string of the molecule is CCNC(=O)CCC/C=C/C[C@H]1[C@@H](/C=C\[C@H](O)CCc2ccccc2)[C@@H](O)C[C@H]1O. The molecule has 0 spiro atoms. The molecule has 1 saturated carbocycles. The third-order valence-electron chi connectivity index (χ3n) is 5.77. The first kappa shape index (κ1) is 24.3. The van der Waals surface area contributed by atoms with Crippen molar-refractivity contribution in [2.75, 3.05) is 6.54 Å². The van der Waals surface area contributed by atoms with E-state index in [0.29, 0.717) is 32.2 Å². The first-order valence-corrected chi connectivity index (χ1v) is 11.2. The standard InChI is InChI=1S/C25H37NO4/c1-2-26-25(30)13-9-4-3-8-12-21-22(24(29)18-23(21)28)17-16-20(27)15-14-19-10-6-5-7-11-19/h3,5-8,10-11,16-17,20-24,27-29H,2,4,9,12-15,18H2,1H3,(H,26,30)/b8-3+,17-16-/t20-,21+,22-,23-,24+/m1/s1. The largest absolute Gasteiger partial charge is 0.393 e. The zero-order chi connectivity index (χ0) is 21.8. The van der Waals surface area contributed by atoms with Crippen LogP contribution in [0.3, 0.4) is 0 Å². The lowest BCUT2D eigenvalue weighted by Gasteiger charge is -2.19. The first-order valence-electron chi connectivity index (χ1n) is 11.2. The molecule has 5 heteroatoms. The average Bonchev–Trinajstić information content (AvgIpc) is 3.00. The number of benzene rings is 1. The molecule has 2 rings (SSSR count). The number of allylic oxidation sites excluding steroid dienone is 2. The summed E-state index contributed by atoms with van der Waals surface area (Å²) in [6.45, 7) is 2.57. The fraction of sp³-hybridized carbons (Fsp3) is 0.560. The molecule has 5 atom stereocenters. The van der Waals surface area contributed by atoms with Crippen LogP contribution in [-0.4, -0.2) is 46.1 Å². The number of carbonyl (C=O) groups is 1. The molecule has 0 saturated heterocycles. The van der Waals surface area contributed by atoms with E-state index in [-0.39, 0.29) is 17.7 Å². The lowest BCUT2D eigenvalue weighted by Crippen LogP contribution is -2.21. The van der Waals surface area contributed by atoms with Gasteiger partial charge in [0, 0.05) is 25.3 Å². The summed E-state index contributed by atoms with van der Waals surface area (Å²) in [5.74, 6) is -0.139. The molecule has 5 nitrogen and oxygen atoms in total. The second-order valence-electron chi connectivity index (χ2n) is 8.14. The van der Waals surface area contributed by atoms with Crippen molar-refractivity contribution in [2.24, 2.45) is 11.8 Å². The molecule has 1 aromatic rings. The van der Waals surface area contributed by atoms with Gasteiger partial charge in [-0.2, -0.15) is 0 Å². The van der Waals surface area contributed by atoms with E-state index in [4.69, 9.17) is 0 Å². The fourth-order valence-corrected chi connectivity index (χ4v) is 4.06. The molecule has 1 aliphatic rings. The smallest absolute Gasteiger partial charge is 0.219 e. The summed E-state index contributed by atoms with van der Waals surface area (Å²) in [7, 11) is 0. The van der Waals surface area contributed by atoms with Crippen molar-refractivity contribution in [1.82, 2.24) is 5.32 Å². The zero-order valence-electron chi connectivity index (χ0n) is 18.0. The fourth-order valence-electron chi connectivity index (χ4n) is 4.06. The van der Waals surface area contributed by atoms with Gasteiger partial charge in [0.05, 0.1) is 18.3 Å². The monoisotopic (exact) mass is 415 g/mol. The minimum atomic E-state index is -0.589. The number of hydrogen-bond acceptors (Lipinski definition) is 4. The van der Waals surface area contributed by atoms with Gasteiger partial charge in [-0.3, -0.25) is 4.79 Å². The number of unbranched alkanes of at least 4 members (excludes halogenated alkanes) is 1. The highest BCUT2D eigenvalue weighted by molar-refractivity contribution is 5.75. The number of rotatable bonds is 12. The highest BCUT2D eigenvalue weighted by Gasteiger charge is 2.39. The number of aryl methyl sites for hydroxylation is 1. The number of hydrogen-bond donors (Lipinski definition) is 4. The normalized spacial score (nSPS) is 25.2. The van der Waals surface area contributed by atoms with E-state index in [2.05, 4.69) is 5.32 Å². The summed E-state index contributed by atoms with van der Waals surface area (Å²) < 4.78 is 0. The van der Waals surface area contributed by atoms with Crippen molar-refractivity contribution in [3.05, 3.63) is 60.2 Å². The molecule has 0 aliphatic heterocycles. The van der Waals surface area contributed by atoms with Crippen LogP contribution in [0.15, 0.2) is 54.6 Å². The van der Waals surface area contributed by atoms with Crippen LogP contribution in [0.1, 0.15) is 51.0 Å². The molecule has 0 bridgehead atoms. The van der Waals surface area contributed by atoms with Gasteiger partial charge in [-0.25, -0.2) is 0 Å². The van der Waals surface area contributed by atoms with E-state index in [1.807, 2.05) is 55.5 Å². The molecule has 30 heavy (non-hydrogen) atoms. The average molecular weight is 416 g/mol. The lowest BCUT2D eigenvalue weighted by molar-refractivity contribution is -0.121. The van der Waals surface area contributed by atoms with Crippen molar-refractivity contribution >= 4 is 5.91 Å². The molecule has 1 aliphatic carbocycles. The van der Waals surface area contributed by atoms with Crippen molar-refractivity contribution in [3.63, 3.8) is 0 Å². The maximum atomic E-state index is 11.4. The van der Waals surface area contributed by atoms with Crippen LogP contribution in [-0.2, 0) is 11.2 Å². The Morgan fingerprint density at radius 3 is 2.70 bits per heavy atom. The number of carbonyl (C=O) groups excluding carboxylic acids is 1. The summed E-state index contributed by atoms with van der Waals surface area (Å²) in [6, 6.07) is 10.1. The minimum Gasteiger partial charge on any atom is -0.393 e. The Labute approximate surface area is 180 Å². The molecule has 0 aromatic heterocycles.